The fraction of sp³-hybridized carbons (Fsp3) is 0.714. The Bertz CT molecular complexity index is 254. The van der Waals surface area contributed by atoms with Crippen LogP contribution >= 0.6 is 0 Å². The maximum absolute atomic E-state index is 11.1. The van der Waals surface area contributed by atoms with E-state index in [-0.39, 0.29) is 0 Å². The molecule has 1 aliphatic rings. The van der Waals surface area contributed by atoms with Crippen LogP contribution in [0.5, 0.6) is 0 Å². The van der Waals surface area contributed by atoms with E-state index < -0.39 is 10.0 Å². The molecule has 0 aliphatic carbocycles. The van der Waals surface area contributed by atoms with Gasteiger partial charge < -0.3 is 0 Å². The van der Waals surface area contributed by atoms with Gasteiger partial charge in [-0.3, -0.25) is 0 Å². The minimum Gasteiger partial charge on any atom is -0.208 e. The molecule has 0 fully saturated rings. The van der Waals surface area contributed by atoms with E-state index in [1.807, 2.05) is 13.8 Å². The van der Waals surface area contributed by atoms with Gasteiger partial charge in [0.25, 0.3) is 0 Å². The lowest BCUT2D eigenvalue weighted by Gasteiger charge is -2.15. The SMILES string of the molecule is CC(C)CN1CC=CS1(=O)=O. The molecule has 0 saturated heterocycles. The summed E-state index contributed by atoms with van der Waals surface area (Å²) < 4.78 is 23.8. The van der Waals surface area contributed by atoms with Crippen molar-refractivity contribution < 1.29 is 8.42 Å². The van der Waals surface area contributed by atoms with Crippen molar-refractivity contribution in [2.45, 2.75) is 13.8 Å². The van der Waals surface area contributed by atoms with Crippen molar-refractivity contribution in [3.05, 3.63) is 11.5 Å². The summed E-state index contributed by atoms with van der Waals surface area (Å²) in [6.07, 6.45) is 1.68. The number of nitrogens with zero attached hydrogens (tertiary/aromatic N) is 1. The Labute approximate surface area is 67.8 Å². The van der Waals surface area contributed by atoms with Gasteiger partial charge in [0.2, 0.25) is 10.0 Å². The molecule has 0 aromatic carbocycles. The molecule has 64 valence electrons. The summed E-state index contributed by atoms with van der Waals surface area (Å²) >= 11 is 0. The predicted octanol–water partition coefficient (Wildman–Crippen LogP) is 0.801. The summed E-state index contributed by atoms with van der Waals surface area (Å²) in [6.45, 7) is 5.18. The van der Waals surface area contributed by atoms with Crippen molar-refractivity contribution in [3.8, 4) is 0 Å². The topological polar surface area (TPSA) is 37.4 Å². The lowest BCUT2D eigenvalue weighted by molar-refractivity contribution is 0.404. The quantitative estimate of drug-likeness (QED) is 0.622. The summed E-state index contributed by atoms with van der Waals surface area (Å²) in [6, 6.07) is 0. The Morgan fingerprint density at radius 1 is 1.55 bits per heavy atom. The van der Waals surface area contributed by atoms with Gasteiger partial charge in [0.1, 0.15) is 0 Å². The molecular weight excluding hydrogens is 162 g/mol. The molecule has 0 radical (unpaired) electrons. The summed E-state index contributed by atoms with van der Waals surface area (Å²) in [7, 11) is -3.03. The molecule has 1 heterocycles. The van der Waals surface area contributed by atoms with Gasteiger partial charge in [-0.2, -0.15) is 4.31 Å². The van der Waals surface area contributed by atoms with Gasteiger partial charge in [-0.15, -0.1) is 0 Å². The fourth-order valence-electron chi connectivity index (χ4n) is 1.06. The van der Waals surface area contributed by atoms with Gasteiger partial charge in [0, 0.05) is 18.5 Å². The Morgan fingerprint density at radius 3 is 2.55 bits per heavy atom. The first kappa shape index (κ1) is 8.74. The minimum absolute atomic E-state index is 0.393. The van der Waals surface area contributed by atoms with E-state index >= 15 is 0 Å². The molecule has 0 N–H and O–H groups in total. The Balaban J connectivity index is 2.64. The molecule has 0 amide bonds. The zero-order chi connectivity index (χ0) is 8.48. The average molecular weight is 175 g/mol. The zero-order valence-electron chi connectivity index (χ0n) is 6.82. The molecular formula is C7H13NO2S. The second kappa shape index (κ2) is 2.95. The van der Waals surface area contributed by atoms with Gasteiger partial charge in [0.15, 0.2) is 0 Å². The summed E-state index contributed by atoms with van der Waals surface area (Å²) in [4.78, 5) is 0. The molecule has 11 heavy (non-hydrogen) atoms. The van der Waals surface area contributed by atoms with Crippen LogP contribution in [-0.2, 0) is 10.0 Å². The molecule has 0 unspecified atom stereocenters. The summed E-state index contributed by atoms with van der Waals surface area (Å²) in [5, 5.41) is 1.27. The molecule has 0 aromatic heterocycles. The van der Waals surface area contributed by atoms with Crippen LogP contribution in [0.4, 0.5) is 0 Å². The maximum atomic E-state index is 11.1. The lowest BCUT2D eigenvalue weighted by atomic mass is 10.2. The highest BCUT2D eigenvalue weighted by atomic mass is 32.2. The molecule has 4 heteroatoms. The largest absolute Gasteiger partial charge is 0.236 e. The van der Waals surface area contributed by atoms with E-state index in [9.17, 15) is 8.42 Å². The number of hydrogen-bond acceptors (Lipinski definition) is 2. The van der Waals surface area contributed by atoms with E-state index in [1.165, 1.54) is 9.71 Å². The normalized spacial score (nSPS) is 23.2. The van der Waals surface area contributed by atoms with E-state index in [1.54, 1.807) is 6.08 Å². The molecule has 1 rings (SSSR count). The van der Waals surface area contributed by atoms with E-state index in [0.29, 0.717) is 19.0 Å². The first-order chi connectivity index (χ1) is 5.02. The van der Waals surface area contributed by atoms with Gasteiger partial charge in [0.05, 0.1) is 0 Å². The van der Waals surface area contributed by atoms with Crippen molar-refractivity contribution in [2.24, 2.45) is 5.92 Å². The smallest absolute Gasteiger partial charge is 0.208 e. The fourth-order valence-corrected chi connectivity index (χ4v) is 2.36. The third-order valence-corrected chi connectivity index (χ3v) is 3.06. The van der Waals surface area contributed by atoms with Crippen molar-refractivity contribution in [1.82, 2.24) is 4.31 Å². The molecule has 0 aromatic rings. The van der Waals surface area contributed by atoms with Crippen LogP contribution in [0.15, 0.2) is 11.5 Å². The molecule has 0 bridgehead atoms. The molecule has 0 spiro atoms. The number of sulfonamides is 1. The molecule has 0 saturated carbocycles. The van der Waals surface area contributed by atoms with Crippen molar-refractivity contribution in [1.29, 1.82) is 0 Å². The summed E-state index contributed by atoms with van der Waals surface area (Å²) in [5.74, 6) is 0.393. The van der Waals surface area contributed by atoms with Crippen LogP contribution in [0, 0.1) is 5.92 Å². The zero-order valence-corrected chi connectivity index (χ0v) is 7.63. The molecule has 0 atom stereocenters. The lowest BCUT2D eigenvalue weighted by Crippen LogP contribution is -2.29. The van der Waals surface area contributed by atoms with Crippen LogP contribution < -0.4 is 0 Å². The van der Waals surface area contributed by atoms with E-state index in [4.69, 9.17) is 0 Å². The van der Waals surface area contributed by atoms with Gasteiger partial charge in [-0.25, -0.2) is 8.42 Å². The van der Waals surface area contributed by atoms with Crippen LogP contribution in [0.25, 0.3) is 0 Å². The molecule has 1 aliphatic heterocycles. The van der Waals surface area contributed by atoms with Gasteiger partial charge in [-0.1, -0.05) is 19.9 Å². The van der Waals surface area contributed by atoms with Crippen LogP contribution in [0.3, 0.4) is 0 Å². The van der Waals surface area contributed by atoms with Crippen molar-refractivity contribution in [3.63, 3.8) is 0 Å². The van der Waals surface area contributed by atoms with Crippen molar-refractivity contribution in [2.75, 3.05) is 13.1 Å². The van der Waals surface area contributed by atoms with E-state index in [2.05, 4.69) is 0 Å². The predicted molar refractivity (Wildman–Crippen MR) is 44.5 cm³/mol. The highest BCUT2D eigenvalue weighted by Gasteiger charge is 2.22. The third-order valence-electron chi connectivity index (χ3n) is 1.51. The van der Waals surface area contributed by atoms with Crippen LogP contribution in [0.1, 0.15) is 13.8 Å². The second-order valence-corrected chi connectivity index (χ2v) is 4.95. The maximum Gasteiger partial charge on any atom is 0.236 e. The van der Waals surface area contributed by atoms with Crippen molar-refractivity contribution >= 4 is 10.0 Å². The Morgan fingerprint density at radius 2 is 2.18 bits per heavy atom. The Kier molecular flexibility index (Phi) is 2.34. The van der Waals surface area contributed by atoms with Gasteiger partial charge in [-0.05, 0) is 5.92 Å². The van der Waals surface area contributed by atoms with E-state index in [0.717, 1.165) is 0 Å². The monoisotopic (exact) mass is 175 g/mol. The Hall–Kier alpha value is -0.350. The highest BCUT2D eigenvalue weighted by molar-refractivity contribution is 7.92. The first-order valence-electron chi connectivity index (χ1n) is 3.69. The summed E-state index contributed by atoms with van der Waals surface area (Å²) in [5.41, 5.74) is 0. The standard InChI is InChI=1S/C7H13NO2S/c1-7(2)6-8-4-3-5-11(8,9)10/h3,5,7H,4,6H2,1-2H3. The third kappa shape index (κ3) is 2.04. The van der Waals surface area contributed by atoms with Crippen LogP contribution in [0.2, 0.25) is 0 Å². The first-order valence-corrected chi connectivity index (χ1v) is 5.19. The minimum atomic E-state index is -3.03. The van der Waals surface area contributed by atoms with Crippen LogP contribution in [-0.4, -0.2) is 25.8 Å². The average Bonchev–Trinajstić information content (AvgIpc) is 2.10. The van der Waals surface area contributed by atoms with Gasteiger partial charge >= 0.3 is 0 Å². The highest BCUT2D eigenvalue weighted by Crippen LogP contribution is 2.12. The second-order valence-electron chi connectivity index (χ2n) is 3.13. The number of hydrogen-bond donors (Lipinski definition) is 0. The molecule has 3 nitrogen and oxygen atoms in total. The number of rotatable bonds is 2.